The molecule has 1 atom stereocenters. The number of hydrogen-bond acceptors (Lipinski definition) is 3. The molecule has 0 saturated heterocycles. The van der Waals surface area contributed by atoms with Crippen LogP contribution in [0.15, 0.2) is 34.7 Å². The van der Waals surface area contributed by atoms with E-state index in [1.165, 1.54) is 12.8 Å². The van der Waals surface area contributed by atoms with Gasteiger partial charge in [0.1, 0.15) is 11.3 Å². The van der Waals surface area contributed by atoms with Crippen molar-refractivity contribution >= 4 is 11.0 Å². The molecule has 2 aromatic rings. The van der Waals surface area contributed by atoms with Gasteiger partial charge in [-0.25, -0.2) is 0 Å². The smallest absolute Gasteiger partial charge is 0.134 e. The van der Waals surface area contributed by atoms with Gasteiger partial charge < -0.3 is 14.9 Å². The molecule has 1 aromatic heterocycles. The lowest BCUT2D eigenvalue weighted by atomic mass is 10.2. The van der Waals surface area contributed by atoms with E-state index in [1.807, 2.05) is 30.3 Å². The highest BCUT2D eigenvalue weighted by molar-refractivity contribution is 5.77. The van der Waals surface area contributed by atoms with Crippen molar-refractivity contribution < 1.29 is 9.15 Å². The first kappa shape index (κ1) is 10.8. The van der Waals surface area contributed by atoms with Gasteiger partial charge in [-0.2, -0.15) is 0 Å². The summed E-state index contributed by atoms with van der Waals surface area (Å²) in [7, 11) is 0. The van der Waals surface area contributed by atoms with E-state index >= 15 is 0 Å². The van der Waals surface area contributed by atoms with Crippen molar-refractivity contribution in [1.29, 1.82) is 0 Å². The SMILES string of the molecule is NC(COCC1CC1)c1cc2ccccc2o1. The molecule has 1 heterocycles. The summed E-state index contributed by atoms with van der Waals surface area (Å²) >= 11 is 0. The third-order valence-corrected chi connectivity index (χ3v) is 3.16. The molecule has 0 amide bonds. The predicted molar refractivity (Wildman–Crippen MR) is 66.7 cm³/mol. The van der Waals surface area contributed by atoms with E-state index in [0.717, 1.165) is 29.3 Å². The molecule has 1 unspecified atom stereocenters. The van der Waals surface area contributed by atoms with Crippen molar-refractivity contribution in [3.63, 3.8) is 0 Å². The van der Waals surface area contributed by atoms with Gasteiger partial charge in [-0.3, -0.25) is 0 Å². The number of rotatable bonds is 5. The van der Waals surface area contributed by atoms with E-state index < -0.39 is 0 Å². The topological polar surface area (TPSA) is 48.4 Å². The Morgan fingerprint density at radius 2 is 2.18 bits per heavy atom. The van der Waals surface area contributed by atoms with E-state index in [1.54, 1.807) is 0 Å². The fraction of sp³-hybridized carbons (Fsp3) is 0.429. The largest absolute Gasteiger partial charge is 0.459 e. The van der Waals surface area contributed by atoms with Gasteiger partial charge in [0, 0.05) is 12.0 Å². The Morgan fingerprint density at radius 1 is 1.35 bits per heavy atom. The second kappa shape index (κ2) is 4.51. The van der Waals surface area contributed by atoms with E-state index in [-0.39, 0.29) is 6.04 Å². The molecule has 3 rings (SSSR count). The number of para-hydroxylation sites is 1. The lowest BCUT2D eigenvalue weighted by Crippen LogP contribution is -2.17. The number of furan rings is 1. The maximum atomic E-state index is 6.05. The van der Waals surface area contributed by atoms with Crippen LogP contribution >= 0.6 is 0 Å². The van der Waals surface area contributed by atoms with Crippen LogP contribution in [-0.2, 0) is 4.74 Å². The normalized spacial score (nSPS) is 17.5. The van der Waals surface area contributed by atoms with Crippen LogP contribution in [0.5, 0.6) is 0 Å². The van der Waals surface area contributed by atoms with Crippen LogP contribution in [0.25, 0.3) is 11.0 Å². The molecular weight excluding hydrogens is 214 g/mol. The first-order valence-electron chi connectivity index (χ1n) is 6.15. The average Bonchev–Trinajstić information content (AvgIpc) is 3.06. The fourth-order valence-electron chi connectivity index (χ4n) is 1.91. The monoisotopic (exact) mass is 231 g/mol. The number of nitrogens with two attached hydrogens (primary N) is 1. The minimum absolute atomic E-state index is 0.166. The summed E-state index contributed by atoms with van der Waals surface area (Å²) in [6, 6.07) is 9.78. The maximum absolute atomic E-state index is 6.05. The Hall–Kier alpha value is -1.32. The predicted octanol–water partition coefficient (Wildman–Crippen LogP) is 2.86. The van der Waals surface area contributed by atoms with Gasteiger partial charge in [0.15, 0.2) is 0 Å². The fourth-order valence-corrected chi connectivity index (χ4v) is 1.91. The molecule has 3 heteroatoms. The van der Waals surface area contributed by atoms with Crippen molar-refractivity contribution in [2.45, 2.75) is 18.9 Å². The van der Waals surface area contributed by atoms with Crippen molar-refractivity contribution in [3.05, 3.63) is 36.1 Å². The molecule has 1 fully saturated rings. The van der Waals surface area contributed by atoms with E-state index in [9.17, 15) is 0 Å². The molecule has 2 N–H and O–H groups in total. The van der Waals surface area contributed by atoms with Gasteiger partial charge in [0.25, 0.3) is 0 Å². The third kappa shape index (κ3) is 2.51. The molecule has 1 aromatic carbocycles. The zero-order valence-corrected chi connectivity index (χ0v) is 9.76. The Morgan fingerprint density at radius 3 is 2.94 bits per heavy atom. The Balaban J connectivity index is 1.64. The molecule has 0 bridgehead atoms. The molecular formula is C14H17NO2. The summed E-state index contributed by atoms with van der Waals surface area (Å²) < 4.78 is 11.3. The maximum Gasteiger partial charge on any atom is 0.134 e. The van der Waals surface area contributed by atoms with E-state index in [0.29, 0.717) is 6.61 Å². The second-order valence-electron chi connectivity index (χ2n) is 4.77. The number of hydrogen-bond donors (Lipinski definition) is 1. The van der Waals surface area contributed by atoms with Crippen molar-refractivity contribution in [2.24, 2.45) is 11.7 Å². The lowest BCUT2D eigenvalue weighted by molar-refractivity contribution is 0.107. The summed E-state index contributed by atoms with van der Waals surface area (Å²) in [5, 5.41) is 1.10. The summed E-state index contributed by atoms with van der Waals surface area (Å²) in [5.41, 5.74) is 6.94. The molecule has 90 valence electrons. The van der Waals surface area contributed by atoms with E-state index in [4.69, 9.17) is 14.9 Å². The van der Waals surface area contributed by atoms with Crippen LogP contribution in [0.3, 0.4) is 0 Å². The first-order chi connectivity index (χ1) is 8.33. The van der Waals surface area contributed by atoms with Gasteiger partial charge in [-0.15, -0.1) is 0 Å². The van der Waals surface area contributed by atoms with Crippen LogP contribution in [0.2, 0.25) is 0 Å². The quantitative estimate of drug-likeness (QED) is 0.860. The van der Waals surface area contributed by atoms with Crippen molar-refractivity contribution in [2.75, 3.05) is 13.2 Å². The zero-order chi connectivity index (χ0) is 11.7. The molecule has 0 spiro atoms. The minimum atomic E-state index is -0.166. The average molecular weight is 231 g/mol. The molecule has 1 saturated carbocycles. The summed E-state index contributed by atoms with van der Waals surface area (Å²) in [6.07, 6.45) is 2.61. The van der Waals surface area contributed by atoms with Crippen molar-refractivity contribution in [1.82, 2.24) is 0 Å². The van der Waals surface area contributed by atoms with Gasteiger partial charge in [-0.1, -0.05) is 18.2 Å². The first-order valence-corrected chi connectivity index (χ1v) is 6.15. The van der Waals surface area contributed by atoms with E-state index in [2.05, 4.69) is 0 Å². The summed E-state index contributed by atoms with van der Waals surface area (Å²) in [4.78, 5) is 0. The van der Waals surface area contributed by atoms with Crippen LogP contribution in [0, 0.1) is 5.92 Å². The lowest BCUT2D eigenvalue weighted by Gasteiger charge is -2.08. The Bertz CT molecular complexity index is 469. The van der Waals surface area contributed by atoms with Crippen molar-refractivity contribution in [3.8, 4) is 0 Å². The van der Waals surface area contributed by atoms with Gasteiger partial charge >= 0.3 is 0 Å². The summed E-state index contributed by atoms with van der Waals surface area (Å²) in [5.74, 6) is 1.58. The second-order valence-corrected chi connectivity index (χ2v) is 4.77. The molecule has 1 aliphatic rings. The molecule has 1 aliphatic carbocycles. The standard InChI is InChI=1S/C14H17NO2/c15-12(9-16-8-10-5-6-10)14-7-11-3-1-2-4-13(11)17-14/h1-4,7,10,12H,5-6,8-9,15H2. The minimum Gasteiger partial charge on any atom is -0.459 e. The molecule has 0 radical (unpaired) electrons. The highest BCUT2D eigenvalue weighted by Crippen LogP contribution is 2.29. The molecule has 0 aliphatic heterocycles. The highest BCUT2D eigenvalue weighted by atomic mass is 16.5. The number of benzene rings is 1. The van der Waals surface area contributed by atoms with Crippen LogP contribution in [0.4, 0.5) is 0 Å². The molecule has 3 nitrogen and oxygen atoms in total. The van der Waals surface area contributed by atoms with Gasteiger partial charge in [0.2, 0.25) is 0 Å². The van der Waals surface area contributed by atoms with Crippen LogP contribution in [0.1, 0.15) is 24.6 Å². The molecule has 17 heavy (non-hydrogen) atoms. The summed E-state index contributed by atoms with van der Waals surface area (Å²) in [6.45, 7) is 1.38. The van der Waals surface area contributed by atoms with Crippen LogP contribution in [-0.4, -0.2) is 13.2 Å². The zero-order valence-electron chi connectivity index (χ0n) is 9.76. The third-order valence-electron chi connectivity index (χ3n) is 3.16. The Labute approximate surface area is 101 Å². The highest BCUT2D eigenvalue weighted by Gasteiger charge is 2.22. The Kier molecular flexibility index (Phi) is 2.87. The van der Waals surface area contributed by atoms with Gasteiger partial charge in [0.05, 0.1) is 12.6 Å². The van der Waals surface area contributed by atoms with Crippen LogP contribution < -0.4 is 5.73 Å². The number of ether oxygens (including phenoxy) is 1. The number of fused-ring (bicyclic) bond motifs is 1. The van der Waals surface area contributed by atoms with Gasteiger partial charge in [-0.05, 0) is 30.9 Å².